The molecule has 2 rings (SSSR count). The molecule has 14 heavy (non-hydrogen) atoms. The van der Waals surface area contributed by atoms with Crippen LogP contribution in [0.15, 0.2) is 0 Å². The monoisotopic (exact) mass is 200 g/mol. The van der Waals surface area contributed by atoms with E-state index in [2.05, 4.69) is 0 Å². The standard InChI is InChI=1S/C10H16O4/c1-9(6-14-7-9)10(8(11)12)2-4-13-5-3-10/h2-7H2,1H3,(H,11,12). The minimum Gasteiger partial charge on any atom is -0.481 e. The van der Waals surface area contributed by atoms with Gasteiger partial charge in [-0.25, -0.2) is 0 Å². The van der Waals surface area contributed by atoms with Gasteiger partial charge in [-0.3, -0.25) is 4.79 Å². The highest BCUT2D eigenvalue weighted by Gasteiger charge is 2.58. The Morgan fingerprint density at radius 3 is 2.14 bits per heavy atom. The molecule has 1 N–H and O–H groups in total. The minimum absolute atomic E-state index is 0.192. The van der Waals surface area contributed by atoms with E-state index in [9.17, 15) is 9.90 Å². The molecular formula is C10H16O4. The smallest absolute Gasteiger partial charge is 0.310 e. The van der Waals surface area contributed by atoms with Crippen LogP contribution in [-0.4, -0.2) is 37.5 Å². The molecule has 0 saturated carbocycles. The Kier molecular flexibility index (Phi) is 2.27. The van der Waals surface area contributed by atoms with E-state index in [-0.39, 0.29) is 5.41 Å². The molecule has 4 nitrogen and oxygen atoms in total. The first-order valence-electron chi connectivity index (χ1n) is 5.00. The molecule has 0 spiro atoms. The maximum atomic E-state index is 11.4. The van der Waals surface area contributed by atoms with Crippen LogP contribution in [0.3, 0.4) is 0 Å². The Bertz CT molecular complexity index is 239. The average molecular weight is 200 g/mol. The van der Waals surface area contributed by atoms with E-state index in [4.69, 9.17) is 9.47 Å². The Morgan fingerprint density at radius 2 is 1.79 bits per heavy atom. The summed E-state index contributed by atoms with van der Waals surface area (Å²) >= 11 is 0. The van der Waals surface area contributed by atoms with Crippen molar-refractivity contribution in [1.29, 1.82) is 0 Å². The molecule has 0 atom stereocenters. The molecule has 0 unspecified atom stereocenters. The van der Waals surface area contributed by atoms with E-state index >= 15 is 0 Å². The summed E-state index contributed by atoms with van der Waals surface area (Å²) in [6.45, 7) is 4.26. The quantitative estimate of drug-likeness (QED) is 0.719. The van der Waals surface area contributed by atoms with Crippen molar-refractivity contribution in [2.24, 2.45) is 10.8 Å². The molecule has 2 aliphatic rings. The zero-order valence-corrected chi connectivity index (χ0v) is 8.41. The summed E-state index contributed by atoms with van der Waals surface area (Å²) in [4.78, 5) is 11.4. The molecule has 0 aromatic heterocycles. The number of aliphatic carboxylic acids is 1. The van der Waals surface area contributed by atoms with Gasteiger partial charge >= 0.3 is 5.97 Å². The van der Waals surface area contributed by atoms with Crippen LogP contribution in [0.1, 0.15) is 19.8 Å². The molecule has 2 heterocycles. The predicted octanol–water partition coefficient (Wildman–Crippen LogP) is 0.904. The van der Waals surface area contributed by atoms with E-state index in [0.29, 0.717) is 39.3 Å². The minimum atomic E-state index is -0.688. The van der Waals surface area contributed by atoms with Crippen LogP contribution < -0.4 is 0 Å². The van der Waals surface area contributed by atoms with Crippen LogP contribution in [0.5, 0.6) is 0 Å². The third-order valence-electron chi connectivity index (χ3n) is 3.75. The highest BCUT2D eigenvalue weighted by molar-refractivity contribution is 5.76. The van der Waals surface area contributed by atoms with Gasteiger partial charge in [-0.05, 0) is 12.8 Å². The zero-order valence-electron chi connectivity index (χ0n) is 8.41. The highest BCUT2D eigenvalue weighted by Crippen LogP contribution is 2.51. The fourth-order valence-electron chi connectivity index (χ4n) is 2.48. The molecule has 0 bridgehead atoms. The molecule has 0 aromatic rings. The fraction of sp³-hybridized carbons (Fsp3) is 0.900. The van der Waals surface area contributed by atoms with Crippen LogP contribution in [0.4, 0.5) is 0 Å². The van der Waals surface area contributed by atoms with Crippen LogP contribution >= 0.6 is 0 Å². The van der Waals surface area contributed by atoms with Crippen LogP contribution in [-0.2, 0) is 14.3 Å². The maximum Gasteiger partial charge on any atom is 0.310 e. The number of hydrogen-bond donors (Lipinski definition) is 1. The number of carboxylic acid groups (broad SMARTS) is 1. The summed E-state index contributed by atoms with van der Waals surface area (Å²) in [5.74, 6) is -0.688. The van der Waals surface area contributed by atoms with Gasteiger partial charge in [-0.1, -0.05) is 6.92 Å². The van der Waals surface area contributed by atoms with Crippen molar-refractivity contribution in [3.8, 4) is 0 Å². The van der Waals surface area contributed by atoms with Crippen molar-refractivity contribution in [2.75, 3.05) is 26.4 Å². The lowest BCUT2D eigenvalue weighted by molar-refractivity contribution is -0.213. The van der Waals surface area contributed by atoms with Crippen molar-refractivity contribution < 1.29 is 19.4 Å². The molecule has 2 aliphatic heterocycles. The van der Waals surface area contributed by atoms with E-state index in [1.807, 2.05) is 6.92 Å². The van der Waals surface area contributed by atoms with E-state index in [1.165, 1.54) is 0 Å². The lowest BCUT2D eigenvalue weighted by Gasteiger charge is -2.52. The molecule has 0 aliphatic carbocycles. The largest absolute Gasteiger partial charge is 0.481 e. The van der Waals surface area contributed by atoms with Gasteiger partial charge in [0.15, 0.2) is 0 Å². The molecule has 0 radical (unpaired) electrons. The Morgan fingerprint density at radius 1 is 1.21 bits per heavy atom. The average Bonchev–Trinajstić information content (AvgIpc) is 2.15. The highest BCUT2D eigenvalue weighted by atomic mass is 16.5. The molecule has 80 valence electrons. The van der Waals surface area contributed by atoms with Gasteiger partial charge in [0.25, 0.3) is 0 Å². The summed E-state index contributed by atoms with van der Waals surface area (Å²) in [7, 11) is 0. The summed E-state index contributed by atoms with van der Waals surface area (Å²) in [6.07, 6.45) is 1.23. The summed E-state index contributed by atoms with van der Waals surface area (Å²) in [6, 6.07) is 0. The van der Waals surface area contributed by atoms with Crippen LogP contribution in [0.25, 0.3) is 0 Å². The number of rotatable bonds is 2. The normalized spacial score (nSPS) is 29.2. The number of ether oxygens (including phenoxy) is 2. The Labute approximate surface area is 83.2 Å². The van der Waals surface area contributed by atoms with Gasteiger partial charge in [-0.15, -0.1) is 0 Å². The van der Waals surface area contributed by atoms with Gasteiger partial charge in [0.2, 0.25) is 0 Å². The lowest BCUT2D eigenvalue weighted by Crippen LogP contribution is -2.59. The molecule has 0 aromatic carbocycles. The summed E-state index contributed by atoms with van der Waals surface area (Å²) < 4.78 is 10.4. The molecule has 0 amide bonds. The van der Waals surface area contributed by atoms with Gasteiger partial charge < -0.3 is 14.6 Å². The third-order valence-corrected chi connectivity index (χ3v) is 3.75. The SMILES string of the molecule is CC1(C2(C(=O)O)CCOCC2)COC1. The number of hydrogen-bond acceptors (Lipinski definition) is 3. The van der Waals surface area contributed by atoms with E-state index in [1.54, 1.807) is 0 Å². The van der Waals surface area contributed by atoms with Crippen molar-refractivity contribution in [3.63, 3.8) is 0 Å². The first-order valence-corrected chi connectivity index (χ1v) is 5.00. The van der Waals surface area contributed by atoms with E-state index in [0.717, 1.165) is 0 Å². The summed E-state index contributed by atoms with van der Waals surface area (Å²) in [5.41, 5.74) is -0.813. The second-order valence-corrected chi connectivity index (χ2v) is 4.55. The second kappa shape index (κ2) is 3.21. The Balaban J connectivity index is 2.24. The predicted molar refractivity (Wildman–Crippen MR) is 49.0 cm³/mol. The number of carbonyl (C=O) groups is 1. The van der Waals surface area contributed by atoms with Crippen LogP contribution in [0, 0.1) is 10.8 Å². The zero-order chi connectivity index (χ0) is 10.2. The first kappa shape index (κ1) is 9.93. The van der Waals surface area contributed by atoms with Crippen molar-refractivity contribution in [3.05, 3.63) is 0 Å². The van der Waals surface area contributed by atoms with Crippen molar-refractivity contribution in [2.45, 2.75) is 19.8 Å². The fourth-order valence-corrected chi connectivity index (χ4v) is 2.48. The van der Waals surface area contributed by atoms with Crippen molar-refractivity contribution in [1.82, 2.24) is 0 Å². The first-order chi connectivity index (χ1) is 6.61. The van der Waals surface area contributed by atoms with Gasteiger partial charge in [-0.2, -0.15) is 0 Å². The van der Waals surface area contributed by atoms with E-state index < -0.39 is 11.4 Å². The van der Waals surface area contributed by atoms with Gasteiger partial charge in [0.1, 0.15) is 0 Å². The molecule has 2 saturated heterocycles. The van der Waals surface area contributed by atoms with Crippen molar-refractivity contribution >= 4 is 5.97 Å². The molecule has 2 fully saturated rings. The second-order valence-electron chi connectivity index (χ2n) is 4.55. The third kappa shape index (κ3) is 1.17. The van der Waals surface area contributed by atoms with Crippen LogP contribution in [0.2, 0.25) is 0 Å². The summed E-state index contributed by atoms with van der Waals surface area (Å²) in [5, 5.41) is 9.38. The molecule has 4 heteroatoms. The van der Waals surface area contributed by atoms with Gasteiger partial charge in [0.05, 0.1) is 18.6 Å². The number of carboxylic acids is 1. The Hall–Kier alpha value is -0.610. The topological polar surface area (TPSA) is 55.8 Å². The van der Waals surface area contributed by atoms with Gasteiger partial charge in [0, 0.05) is 18.6 Å². The lowest BCUT2D eigenvalue weighted by atomic mass is 9.59. The maximum absolute atomic E-state index is 11.4. The molecular weight excluding hydrogens is 184 g/mol.